The number of aryl methyl sites for hydroxylation is 2. The second-order valence-electron chi connectivity index (χ2n) is 12.7. The van der Waals surface area contributed by atoms with Crippen LogP contribution in [0.4, 0.5) is 18.9 Å². The first-order valence-corrected chi connectivity index (χ1v) is 16.4. The molecule has 248 valence electrons. The molecule has 0 unspecified atom stereocenters. The van der Waals surface area contributed by atoms with Gasteiger partial charge in [-0.1, -0.05) is 37.1 Å². The largest absolute Gasteiger partial charge is 0.467 e. The fraction of sp³-hybridized carbons (Fsp3) is 0.351. The third-order valence-corrected chi connectivity index (χ3v) is 9.69. The maximum atomic E-state index is 14.0. The topological polar surface area (TPSA) is 105 Å². The minimum atomic E-state index is -4.43. The first-order chi connectivity index (χ1) is 23.2. The van der Waals surface area contributed by atoms with Gasteiger partial charge in [0.1, 0.15) is 5.76 Å². The third-order valence-electron chi connectivity index (χ3n) is 9.69. The lowest BCUT2D eigenvalue weighted by Gasteiger charge is -2.21. The summed E-state index contributed by atoms with van der Waals surface area (Å²) in [5, 5.41) is 6.00. The highest BCUT2D eigenvalue weighted by Crippen LogP contribution is 2.47. The summed E-state index contributed by atoms with van der Waals surface area (Å²) in [4.78, 5) is 47.4. The van der Waals surface area contributed by atoms with Crippen LogP contribution in [0.1, 0.15) is 93.6 Å². The number of rotatable bonds is 9. The Morgan fingerprint density at radius 1 is 0.917 bits per heavy atom. The van der Waals surface area contributed by atoms with E-state index in [2.05, 4.69) is 10.6 Å². The molecule has 0 spiro atoms. The second-order valence-corrected chi connectivity index (χ2v) is 12.7. The molecule has 2 aliphatic heterocycles. The Hall–Kier alpha value is -4.93. The molecule has 0 bridgehead atoms. The van der Waals surface area contributed by atoms with Crippen LogP contribution in [0, 0.1) is 5.92 Å². The maximum Gasteiger partial charge on any atom is 0.416 e. The van der Waals surface area contributed by atoms with Crippen LogP contribution in [0.3, 0.4) is 0 Å². The average Bonchev–Trinajstić information content (AvgIpc) is 3.91. The van der Waals surface area contributed by atoms with E-state index >= 15 is 0 Å². The number of nitrogens with one attached hydrogen (secondary N) is 2. The normalized spacial score (nSPS) is 17.4. The molecule has 1 aliphatic carbocycles. The number of benzene rings is 2. The standard InChI is InChI=1S/C37H35F3N4O4/c38-37(39,40)26-16-9-22(10-17-26)11-18-28-32(43-35(46)24-5-1-2-6-24)30(31-33(42-28)29-8-3-19-44(29)36(31)47)23-12-14-25(15-13-23)34(45)41-21-27-7-4-20-48-27/h4,7,9-10,12-17,20,24,29H,1-3,5-6,8,11,18-19,21H2,(H,41,45)(H,43,46)/t29-/m0/s1. The lowest BCUT2D eigenvalue weighted by molar-refractivity contribution is -0.137. The van der Waals surface area contributed by atoms with Gasteiger partial charge in [0.15, 0.2) is 0 Å². The first-order valence-electron chi connectivity index (χ1n) is 16.4. The maximum absolute atomic E-state index is 14.0. The van der Waals surface area contributed by atoms with Gasteiger partial charge in [-0.3, -0.25) is 19.4 Å². The number of hydrogen-bond acceptors (Lipinski definition) is 5. The van der Waals surface area contributed by atoms with Crippen molar-refractivity contribution in [2.45, 2.75) is 70.1 Å². The number of nitrogens with zero attached hydrogens (tertiary/aromatic N) is 2. The SMILES string of the molecule is O=C(NCc1ccco1)c1ccc(-c2c(NC(=O)C3CCCC3)c(CCc3ccc(C(F)(F)F)cc3)nc3c2C(=O)N2CCC[C@@H]32)cc1. The lowest BCUT2D eigenvalue weighted by atomic mass is 9.92. The fourth-order valence-corrected chi connectivity index (χ4v) is 7.16. The van der Waals surface area contributed by atoms with Gasteiger partial charge in [0.2, 0.25) is 5.91 Å². The number of anilines is 1. The summed E-state index contributed by atoms with van der Waals surface area (Å²) < 4.78 is 44.9. The quantitative estimate of drug-likeness (QED) is 0.194. The van der Waals surface area contributed by atoms with E-state index in [9.17, 15) is 27.6 Å². The number of aromatic nitrogens is 1. The predicted octanol–water partition coefficient (Wildman–Crippen LogP) is 7.50. The minimum absolute atomic E-state index is 0.133. The van der Waals surface area contributed by atoms with Crippen LogP contribution in [0.25, 0.3) is 11.1 Å². The molecule has 3 amide bonds. The molecule has 4 heterocycles. The van der Waals surface area contributed by atoms with Crippen molar-refractivity contribution >= 4 is 23.4 Å². The van der Waals surface area contributed by atoms with Crippen molar-refractivity contribution in [1.29, 1.82) is 0 Å². The third kappa shape index (κ3) is 6.21. The van der Waals surface area contributed by atoms with E-state index in [1.54, 1.807) is 36.4 Å². The van der Waals surface area contributed by atoms with Gasteiger partial charge in [0.25, 0.3) is 11.8 Å². The molecular formula is C37H35F3N4O4. The van der Waals surface area contributed by atoms with E-state index in [-0.39, 0.29) is 36.2 Å². The molecule has 2 aromatic heterocycles. The van der Waals surface area contributed by atoms with E-state index in [0.29, 0.717) is 70.0 Å². The Bertz CT molecular complexity index is 1830. The van der Waals surface area contributed by atoms with Gasteiger partial charge in [0, 0.05) is 23.6 Å². The number of alkyl halides is 3. The number of halogens is 3. The highest BCUT2D eigenvalue weighted by Gasteiger charge is 2.44. The van der Waals surface area contributed by atoms with Crippen LogP contribution < -0.4 is 10.6 Å². The number of furan rings is 1. The van der Waals surface area contributed by atoms with Crippen LogP contribution in [0.2, 0.25) is 0 Å². The molecule has 2 aromatic carbocycles. The van der Waals surface area contributed by atoms with Crippen LogP contribution >= 0.6 is 0 Å². The average molecular weight is 657 g/mol. The van der Waals surface area contributed by atoms with Crippen molar-refractivity contribution in [3.63, 3.8) is 0 Å². The van der Waals surface area contributed by atoms with Gasteiger partial charge in [-0.05, 0) is 86.1 Å². The molecule has 8 nitrogen and oxygen atoms in total. The van der Waals surface area contributed by atoms with E-state index in [1.165, 1.54) is 18.4 Å². The summed E-state index contributed by atoms with van der Waals surface area (Å²) >= 11 is 0. The molecule has 1 saturated carbocycles. The van der Waals surface area contributed by atoms with Crippen LogP contribution in [0.5, 0.6) is 0 Å². The van der Waals surface area contributed by atoms with Gasteiger partial charge < -0.3 is 20.0 Å². The lowest BCUT2D eigenvalue weighted by Crippen LogP contribution is -2.24. The number of pyridine rings is 1. The highest BCUT2D eigenvalue weighted by atomic mass is 19.4. The second kappa shape index (κ2) is 12.9. The van der Waals surface area contributed by atoms with E-state index in [0.717, 1.165) is 50.7 Å². The molecule has 0 radical (unpaired) electrons. The molecule has 1 saturated heterocycles. The molecule has 3 aliphatic rings. The van der Waals surface area contributed by atoms with Crippen LogP contribution in [0.15, 0.2) is 71.3 Å². The van der Waals surface area contributed by atoms with Crippen molar-refractivity contribution < 1.29 is 32.0 Å². The Labute approximate surface area is 275 Å². The summed E-state index contributed by atoms with van der Waals surface area (Å²) in [5.74, 6) is -0.0977. The summed E-state index contributed by atoms with van der Waals surface area (Å²) in [6, 6.07) is 15.3. The Kier molecular flexibility index (Phi) is 8.53. The molecule has 11 heteroatoms. The van der Waals surface area contributed by atoms with Gasteiger partial charge >= 0.3 is 6.18 Å². The van der Waals surface area contributed by atoms with Gasteiger partial charge in [-0.15, -0.1) is 0 Å². The van der Waals surface area contributed by atoms with Crippen molar-refractivity contribution in [1.82, 2.24) is 15.2 Å². The smallest absolute Gasteiger partial charge is 0.416 e. The molecule has 2 fully saturated rings. The van der Waals surface area contributed by atoms with Crippen molar-refractivity contribution in [2.24, 2.45) is 5.92 Å². The number of carbonyl (C=O) groups excluding carboxylic acids is 3. The summed E-state index contributed by atoms with van der Waals surface area (Å²) in [6.07, 6.45) is 2.93. The van der Waals surface area contributed by atoms with Gasteiger partial charge in [0.05, 0.1) is 47.1 Å². The van der Waals surface area contributed by atoms with E-state index < -0.39 is 11.7 Å². The zero-order valence-corrected chi connectivity index (χ0v) is 26.2. The summed E-state index contributed by atoms with van der Waals surface area (Å²) in [7, 11) is 0. The number of hydrogen-bond donors (Lipinski definition) is 2. The monoisotopic (exact) mass is 656 g/mol. The molecule has 48 heavy (non-hydrogen) atoms. The summed E-state index contributed by atoms with van der Waals surface area (Å²) in [5.41, 5.74) is 3.76. The number of carbonyl (C=O) groups is 3. The predicted molar refractivity (Wildman–Crippen MR) is 172 cm³/mol. The Morgan fingerprint density at radius 2 is 1.67 bits per heavy atom. The Morgan fingerprint density at radius 3 is 2.35 bits per heavy atom. The van der Waals surface area contributed by atoms with Crippen LogP contribution in [-0.2, 0) is 30.4 Å². The summed E-state index contributed by atoms with van der Waals surface area (Å²) in [6.45, 7) is 0.843. The number of amides is 3. The van der Waals surface area contributed by atoms with Gasteiger partial charge in [-0.2, -0.15) is 13.2 Å². The molecular weight excluding hydrogens is 621 g/mol. The fourth-order valence-electron chi connectivity index (χ4n) is 7.16. The number of fused-ring (bicyclic) bond motifs is 3. The van der Waals surface area contributed by atoms with E-state index in [4.69, 9.17) is 9.40 Å². The minimum Gasteiger partial charge on any atom is -0.467 e. The van der Waals surface area contributed by atoms with E-state index in [1.807, 2.05) is 4.90 Å². The van der Waals surface area contributed by atoms with Gasteiger partial charge in [-0.25, -0.2) is 0 Å². The molecule has 4 aromatic rings. The first kappa shape index (κ1) is 31.7. The van der Waals surface area contributed by atoms with Crippen LogP contribution in [-0.4, -0.2) is 34.2 Å². The van der Waals surface area contributed by atoms with Crippen molar-refractivity contribution in [3.8, 4) is 11.1 Å². The van der Waals surface area contributed by atoms with Crippen molar-refractivity contribution in [3.05, 3.63) is 106 Å². The molecule has 1 atom stereocenters. The Balaban J connectivity index is 1.28. The van der Waals surface area contributed by atoms with Crippen molar-refractivity contribution in [2.75, 3.05) is 11.9 Å². The molecule has 2 N–H and O–H groups in total. The zero-order valence-electron chi connectivity index (χ0n) is 26.2. The highest BCUT2D eigenvalue weighted by molar-refractivity contribution is 6.10. The zero-order chi connectivity index (χ0) is 33.4. The molecule has 7 rings (SSSR count).